The normalized spacial score (nSPS) is 32.2. The van der Waals surface area contributed by atoms with Gasteiger partial charge in [-0.25, -0.2) is 4.79 Å². The van der Waals surface area contributed by atoms with Crippen molar-refractivity contribution in [1.82, 2.24) is 10.3 Å². The van der Waals surface area contributed by atoms with Gasteiger partial charge in [-0.2, -0.15) is 0 Å². The zero-order valence-corrected chi connectivity index (χ0v) is 25.8. The molecule has 1 amide bonds. The molecule has 230 valence electrons. The summed E-state index contributed by atoms with van der Waals surface area (Å²) in [5.74, 6) is -2.34. The van der Waals surface area contributed by atoms with Gasteiger partial charge in [0, 0.05) is 47.0 Å². The monoisotopic (exact) mass is 590 g/mol. The van der Waals surface area contributed by atoms with Crippen LogP contribution in [0.25, 0.3) is 10.9 Å². The van der Waals surface area contributed by atoms with Gasteiger partial charge in [0.25, 0.3) is 0 Å². The molecule has 1 aromatic carbocycles. The number of epoxide rings is 1. The highest BCUT2D eigenvalue weighted by atomic mass is 16.6. The summed E-state index contributed by atoms with van der Waals surface area (Å²) in [6, 6.07) is 7.74. The lowest BCUT2D eigenvalue weighted by molar-refractivity contribution is -0.151. The first-order chi connectivity index (χ1) is 20.5. The fourth-order valence-electron chi connectivity index (χ4n) is 7.75. The summed E-state index contributed by atoms with van der Waals surface area (Å²) in [7, 11) is 2.65. The minimum Gasteiger partial charge on any atom is -0.469 e. The Balaban J connectivity index is 1.51. The summed E-state index contributed by atoms with van der Waals surface area (Å²) in [5.41, 5.74) is 0.746. The van der Waals surface area contributed by atoms with Crippen molar-refractivity contribution in [3.63, 3.8) is 0 Å². The number of H-pyrrole nitrogens is 1. The van der Waals surface area contributed by atoms with Gasteiger partial charge in [-0.3, -0.25) is 14.4 Å². The number of allylic oxidation sites excluding steroid dienone is 2. The number of aromatic nitrogens is 1. The highest BCUT2D eigenvalue weighted by Gasteiger charge is 2.78. The molecule has 2 aromatic rings. The first-order valence-electron chi connectivity index (χ1n) is 15.1. The van der Waals surface area contributed by atoms with E-state index in [2.05, 4.69) is 30.2 Å². The Morgan fingerprint density at radius 3 is 2.60 bits per heavy atom. The molecule has 1 aliphatic carbocycles. The number of ether oxygens (including phenoxy) is 3. The molecule has 3 heterocycles. The first kappa shape index (κ1) is 30.7. The predicted molar refractivity (Wildman–Crippen MR) is 161 cm³/mol. The van der Waals surface area contributed by atoms with Gasteiger partial charge < -0.3 is 24.5 Å². The third kappa shape index (κ3) is 5.22. The number of Topliss-reactive ketones (excluding diaryl/α,β-unsaturated/α-hetero) is 1. The molecule has 1 aromatic heterocycles. The van der Waals surface area contributed by atoms with Crippen LogP contribution >= 0.6 is 0 Å². The Bertz CT molecular complexity index is 1490. The van der Waals surface area contributed by atoms with Gasteiger partial charge in [0.2, 0.25) is 5.91 Å². The van der Waals surface area contributed by atoms with E-state index in [1.807, 2.05) is 49.5 Å². The summed E-state index contributed by atoms with van der Waals surface area (Å²) in [4.78, 5) is 55.9. The second-order valence-corrected chi connectivity index (χ2v) is 12.6. The number of methoxy groups -OCH3 is 2. The molecule has 1 saturated carbocycles. The van der Waals surface area contributed by atoms with Crippen molar-refractivity contribution in [2.24, 2.45) is 29.1 Å². The van der Waals surface area contributed by atoms with E-state index in [4.69, 9.17) is 14.2 Å². The lowest BCUT2D eigenvalue weighted by atomic mass is 9.51. The second kappa shape index (κ2) is 11.8. The van der Waals surface area contributed by atoms with Crippen LogP contribution in [0.5, 0.6) is 0 Å². The topological polar surface area (TPSA) is 127 Å². The number of esters is 2. The van der Waals surface area contributed by atoms with Gasteiger partial charge in [0.05, 0.1) is 32.3 Å². The number of carbonyl (C=O) groups is 4. The maximum absolute atomic E-state index is 14.3. The molecular formula is C34H42N2O7. The zero-order chi connectivity index (χ0) is 31.1. The van der Waals surface area contributed by atoms with Crippen molar-refractivity contribution in [1.29, 1.82) is 0 Å². The number of aromatic amines is 1. The third-order valence-electron chi connectivity index (χ3n) is 10.1. The molecule has 0 bridgehead atoms. The summed E-state index contributed by atoms with van der Waals surface area (Å²) >= 11 is 0. The average molecular weight is 591 g/mol. The molecule has 3 fully saturated rings. The quantitative estimate of drug-likeness (QED) is 0.130. The molecule has 9 heteroatoms. The van der Waals surface area contributed by atoms with Crippen LogP contribution in [0.15, 0.2) is 54.3 Å². The van der Waals surface area contributed by atoms with Gasteiger partial charge in [-0.15, -0.1) is 0 Å². The van der Waals surface area contributed by atoms with Crippen LogP contribution in [0.4, 0.5) is 0 Å². The second-order valence-electron chi connectivity index (χ2n) is 12.6. The van der Waals surface area contributed by atoms with E-state index < -0.39 is 22.9 Å². The SMILES string of the molecule is COC(=O)CCC(=O)[C@@]12C(=O)N[C@@H](Cc3c[nH]c4ccccc34)[C@@H]1[C@H](C)[C@@]1(C)O[C@H]1[C@@H]2/C=C/CC(C)/C=C(\C)C(=O)OC. The van der Waals surface area contributed by atoms with Gasteiger partial charge in [0.1, 0.15) is 11.2 Å². The van der Waals surface area contributed by atoms with Crippen LogP contribution in [0.3, 0.4) is 0 Å². The van der Waals surface area contributed by atoms with Crippen molar-refractivity contribution in [2.75, 3.05) is 14.2 Å². The summed E-state index contributed by atoms with van der Waals surface area (Å²) in [6.45, 7) is 7.87. The van der Waals surface area contributed by atoms with Crippen LogP contribution in [-0.2, 0) is 39.8 Å². The molecule has 5 rings (SSSR count). The lowest BCUT2D eigenvalue weighted by Gasteiger charge is -2.46. The van der Waals surface area contributed by atoms with Crippen molar-refractivity contribution in [3.8, 4) is 0 Å². The zero-order valence-electron chi connectivity index (χ0n) is 25.8. The molecule has 0 radical (unpaired) electrons. The summed E-state index contributed by atoms with van der Waals surface area (Å²) in [5, 5.41) is 4.33. The molecule has 43 heavy (non-hydrogen) atoms. The van der Waals surface area contributed by atoms with E-state index in [1.165, 1.54) is 14.2 Å². The molecule has 1 unspecified atom stereocenters. The van der Waals surface area contributed by atoms with Gasteiger partial charge in [0.15, 0.2) is 0 Å². The van der Waals surface area contributed by atoms with E-state index in [-0.39, 0.29) is 60.4 Å². The van der Waals surface area contributed by atoms with E-state index in [1.54, 1.807) is 6.92 Å². The van der Waals surface area contributed by atoms with Crippen molar-refractivity contribution >= 4 is 34.5 Å². The number of fused-ring (bicyclic) bond motifs is 3. The number of carbonyl (C=O) groups excluding carboxylic acids is 4. The predicted octanol–water partition coefficient (Wildman–Crippen LogP) is 4.46. The fourth-order valence-corrected chi connectivity index (χ4v) is 7.75. The molecule has 2 saturated heterocycles. The summed E-state index contributed by atoms with van der Waals surface area (Å²) in [6.07, 6.45) is 8.46. The highest BCUT2D eigenvalue weighted by Crippen LogP contribution is 2.66. The summed E-state index contributed by atoms with van der Waals surface area (Å²) < 4.78 is 16.0. The van der Waals surface area contributed by atoms with Gasteiger partial charge in [-0.05, 0) is 50.2 Å². The van der Waals surface area contributed by atoms with Crippen LogP contribution in [-0.4, -0.2) is 60.6 Å². The van der Waals surface area contributed by atoms with Crippen molar-refractivity contribution in [3.05, 3.63) is 59.8 Å². The minimum atomic E-state index is -1.39. The van der Waals surface area contributed by atoms with E-state index in [0.29, 0.717) is 18.4 Å². The molecule has 0 spiro atoms. The fraction of sp³-hybridized carbons (Fsp3) is 0.529. The number of hydrogen-bond acceptors (Lipinski definition) is 7. The standard InChI is InChI=1S/C34H42N2O7/c1-19(16-20(2)31(39)42-6)10-9-12-24-30-33(4,43-30)21(3)29-26(17-22-18-35-25-13-8-7-11-23(22)25)36-32(40)34(24,29)27(37)14-15-28(38)41-5/h7-9,11-13,16,18-19,21,24,26,29-30,35H,10,14-15,17H2,1-6H3,(H,36,40)/b12-9+,20-16+/t19?,21-,24-,26-,29-,30-,33+,34+/m0/s1. The van der Waals surface area contributed by atoms with E-state index in [9.17, 15) is 19.2 Å². The van der Waals surface area contributed by atoms with E-state index in [0.717, 1.165) is 16.5 Å². The Labute approximate surface area is 252 Å². The van der Waals surface area contributed by atoms with Crippen LogP contribution in [0, 0.1) is 29.1 Å². The number of benzene rings is 1. The first-order valence-corrected chi connectivity index (χ1v) is 15.1. The van der Waals surface area contributed by atoms with Crippen molar-refractivity contribution in [2.45, 2.75) is 71.1 Å². The maximum Gasteiger partial charge on any atom is 0.333 e. The Hall–Kier alpha value is -3.72. The molecule has 3 aliphatic rings. The molecule has 2 N–H and O–H groups in total. The van der Waals surface area contributed by atoms with E-state index >= 15 is 0 Å². The molecular weight excluding hydrogens is 548 g/mol. The smallest absolute Gasteiger partial charge is 0.333 e. The van der Waals surface area contributed by atoms with Crippen molar-refractivity contribution < 1.29 is 33.4 Å². The van der Waals surface area contributed by atoms with Crippen LogP contribution in [0.2, 0.25) is 0 Å². The minimum absolute atomic E-state index is 0.0261. The largest absolute Gasteiger partial charge is 0.469 e. The molecule has 8 atom stereocenters. The average Bonchev–Trinajstić information content (AvgIpc) is 3.40. The number of hydrogen-bond donors (Lipinski definition) is 2. The maximum atomic E-state index is 14.3. The lowest BCUT2D eigenvalue weighted by Crippen LogP contribution is -2.58. The van der Waals surface area contributed by atoms with Gasteiger partial charge in [-0.1, -0.05) is 50.3 Å². The molecule has 2 aliphatic heterocycles. The van der Waals surface area contributed by atoms with Gasteiger partial charge >= 0.3 is 11.9 Å². The number of ketones is 1. The highest BCUT2D eigenvalue weighted by molar-refractivity contribution is 6.10. The Morgan fingerprint density at radius 1 is 1.14 bits per heavy atom. The number of nitrogens with one attached hydrogen (secondary N) is 2. The number of amides is 1. The van der Waals surface area contributed by atoms with Crippen LogP contribution in [0.1, 0.15) is 52.5 Å². The van der Waals surface area contributed by atoms with Crippen LogP contribution < -0.4 is 5.32 Å². The Kier molecular flexibility index (Phi) is 8.40. The molecule has 9 nitrogen and oxygen atoms in total. The Morgan fingerprint density at radius 2 is 1.88 bits per heavy atom. The third-order valence-corrected chi connectivity index (χ3v) is 10.1. The number of para-hydroxylation sites is 1. The number of rotatable bonds is 11.